The van der Waals surface area contributed by atoms with Crippen LogP contribution in [0.15, 0.2) is 24.3 Å². The molecule has 1 aromatic carbocycles. The number of carbonyl (C=O) groups excluding carboxylic acids is 2. The number of anilines is 1. The molecular weight excluding hydrogens is 374 g/mol. The molecule has 152 valence electrons. The fourth-order valence-electron chi connectivity index (χ4n) is 5.52. The molecule has 2 saturated carbocycles. The van der Waals surface area contributed by atoms with Crippen LogP contribution in [-0.4, -0.2) is 61.4 Å². The first kappa shape index (κ1) is 19.7. The van der Waals surface area contributed by atoms with Gasteiger partial charge in [0.1, 0.15) is 0 Å². The Morgan fingerprint density at radius 3 is 2.32 bits per heavy atom. The normalized spacial score (nSPS) is 32.2. The van der Waals surface area contributed by atoms with E-state index >= 15 is 0 Å². The van der Waals surface area contributed by atoms with E-state index < -0.39 is 0 Å². The van der Waals surface area contributed by atoms with E-state index in [9.17, 15) is 9.59 Å². The van der Waals surface area contributed by atoms with E-state index in [1.165, 1.54) is 12.8 Å². The second kappa shape index (κ2) is 7.68. The molecule has 3 fully saturated rings. The van der Waals surface area contributed by atoms with Gasteiger partial charge in [0, 0.05) is 42.8 Å². The zero-order valence-corrected chi connectivity index (χ0v) is 17.7. The maximum Gasteiger partial charge on any atom is 0.228 e. The average Bonchev–Trinajstić information content (AvgIpc) is 3.33. The minimum Gasteiger partial charge on any atom is -0.342 e. The number of hydrogen-bond donors (Lipinski definition) is 0. The van der Waals surface area contributed by atoms with Crippen LogP contribution in [0.2, 0.25) is 5.02 Å². The summed E-state index contributed by atoms with van der Waals surface area (Å²) in [4.78, 5) is 31.6. The Balaban J connectivity index is 1.37. The van der Waals surface area contributed by atoms with Crippen molar-refractivity contribution >= 4 is 29.1 Å². The molecule has 0 bridgehead atoms. The fourth-order valence-corrected chi connectivity index (χ4v) is 5.71. The number of nitrogens with zero attached hydrogens (tertiary/aromatic N) is 3. The molecule has 1 aromatic rings. The van der Waals surface area contributed by atoms with Crippen molar-refractivity contribution in [3.8, 4) is 0 Å². The highest BCUT2D eigenvalue weighted by Gasteiger charge is 2.45. The molecule has 5 atom stereocenters. The van der Waals surface area contributed by atoms with Gasteiger partial charge in [0.2, 0.25) is 11.8 Å². The van der Waals surface area contributed by atoms with Gasteiger partial charge < -0.3 is 14.7 Å². The zero-order chi connectivity index (χ0) is 20.0. The molecule has 6 heteroatoms. The van der Waals surface area contributed by atoms with Crippen molar-refractivity contribution in [2.24, 2.45) is 17.8 Å². The van der Waals surface area contributed by atoms with Crippen molar-refractivity contribution in [3.05, 3.63) is 29.3 Å². The molecule has 0 aromatic heterocycles. The Kier molecular flexibility index (Phi) is 5.41. The molecule has 4 rings (SSSR count). The maximum atomic E-state index is 13.1. The van der Waals surface area contributed by atoms with Crippen LogP contribution in [0.1, 0.15) is 32.1 Å². The van der Waals surface area contributed by atoms with Gasteiger partial charge in [-0.05, 0) is 69.8 Å². The van der Waals surface area contributed by atoms with Crippen LogP contribution in [0.4, 0.5) is 5.69 Å². The monoisotopic (exact) mass is 403 g/mol. The van der Waals surface area contributed by atoms with Crippen molar-refractivity contribution in [1.82, 2.24) is 9.80 Å². The second-order valence-electron chi connectivity index (χ2n) is 9.07. The highest BCUT2D eigenvalue weighted by atomic mass is 35.5. The third-order valence-electron chi connectivity index (χ3n) is 7.19. The van der Waals surface area contributed by atoms with Gasteiger partial charge in [-0.1, -0.05) is 17.7 Å². The summed E-state index contributed by atoms with van der Waals surface area (Å²) in [7, 11) is 6.27. The number of hydrogen-bond acceptors (Lipinski definition) is 3. The number of carbonyl (C=O) groups is 2. The lowest BCUT2D eigenvalue weighted by Crippen LogP contribution is -2.41. The lowest BCUT2D eigenvalue weighted by atomic mass is 10.0. The lowest BCUT2D eigenvalue weighted by molar-refractivity contribution is -0.136. The van der Waals surface area contributed by atoms with Gasteiger partial charge in [-0.25, -0.2) is 0 Å². The summed E-state index contributed by atoms with van der Waals surface area (Å²) in [6, 6.07) is 8.30. The molecule has 1 saturated heterocycles. The van der Waals surface area contributed by atoms with E-state index in [4.69, 9.17) is 11.6 Å². The largest absolute Gasteiger partial charge is 0.342 e. The minimum absolute atomic E-state index is 0.00568. The Labute approximate surface area is 172 Å². The van der Waals surface area contributed by atoms with Crippen molar-refractivity contribution in [1.29, 1.82) is 0 Å². The maximum absolute atomic E-state index is 13.1. The third kappa shape index (κ3) is 3.67. The third-order valence-corrected chi connectivity index (χ3v) is 7.42. The number of benzene rings is 1. The lowest BCUT2D eigenvalue weighted by Gasteiger charge is -2.29. The Morgan fingerprint density at radius 2 is 1.71 bits per heavy atom. The van der Waals surface area contributed by atoms with Crippen LogP contribution < -0.4 is 4.90 Å². The molecule has 2 amide bonds. The molecule has 0 radical (unpaired) electrons. The minimum atomic E-state index is -0.258. The van der Waals surface area contributed by atoms with E-state index in [1.807, 2.05) is 24.1 Å². The number of fused-ring (bicyclic) bond motifs is 1. The van der Waals surface area contributed by atoms with Gasteiger partial charge in [-0.2, -0.15) is 0 Å². The van der Waals surface area contributed by atoms with Gasteiger partial charge in [-0.3, -0.25) is 9.59 Å². The summed E-state index contributed by atoms with van der Waals surface area (Å²) < 4.78 is 0. The number of amides is 2. The Bertz CT molecular complexity index is 754. The summed E-state index contributed by atoms with van der Waals surface area (Å²) in [6.45, 7) is 0.449. The molecular formula is C22H30ClN3O2. The standard InChI is InChI=1S/C22H30ClN3O2/c1-24(2)19-7-14-9-20(10-15(14)8-19)25(3)22(28)16-11-21(27)26(13-16)18-6-4-5-17(23)12-18/h4-6,12,14-16,19-20H,7-11,13H2,1-3H3/t14-,15+,16?,19?,20?. The Hall–Kier alpha value is -1.59. The van der Waals surface area contributed by atoms with Crippen LogP contribution in [0.5, 0.6) is 0 Å². The van der Waals surface area contributed by atoms with Gasteiger partial charge in [-0.15, -0.1) is 0 Å². The first-order chi connectivity index (χ1) is 13.3. The van der Waals surface area contributed by atoms with Crippen molar-refractivity contribution in [2.45, 2.75) is 44.2 Å². The predicted molar refractivity (Wildman–Crippen MR) is 111 cm³/mol. The summed E-state index contributed by atoms with van der Waals surface area (Å²) in [5.41, 5.74) is 0.778. The molecule has 0 N–H and O–H groups in total. The van der Waals surface area contributed by atoms with E-state index in [2.05, 4.69) is 19.0 Å². The fraction of sp³-hybridized carbons (Fsp3) is 0.636. The first-order valence-electron chi connectivity index (χ1n) is 10.3. The molecule has 0 spiro atoms. The van der Waals surface area contributed by atoms with Crippen molar-refractivity contribution < 1.29 is 9.59 Å². The van der Waals surface area contributed by atoms with Gasteiger partial charge in [0.15, 0.2) is 0 Å². The van der Waals surface area contributed by atoms with E-state index in [0.29, 0.717) is 23.7 Å². The molecule has 2 aliphatic carbocycles. The van der Waals surface area contributed by atoms with Crippen LogP contribution in [-0.2, 0) is 9.59 Å². The highest BCUT2D eigenvalue weighted by molar-refractivity contribution is 6.31. The van der Waals surface area contributed by atoms with Crippen LogP contribution in [0.3, 0.4) is 0 Å². The predicted octanol–water partition coefficient (Wildman–Crippen LogP) is 3.27. The first-order valence-corrected chi connectivity index (χ1v) is 10.7. The molecule has 28 heavy (non-hydrogen) atoms. The highest BCUT2D eigenvalue weighted by Crippen LogP contribution is 2.46. The zero-order valence-electron chi connectivity index (χ0n) is 17.0. The summed E-state index contributed by atoms with van der Waals surface area (Å²) >= 11 is 6.07. The second-order valence-corrected chi connectivity index (χ2v) is 9.51. The van der Waals surface area contributed by atoms with Gasteiger partial charge >= 0.3 is 0 Å². The number of halogens is 1. The smallest absolute Gasteiger partial charge is 0.228 e. The van der Waals surface area contributed by atoms with E-state index in [1.54, 1.807) is 17.0 Å². The molecule has 3 unspecified atom stereocenters. The van der Waals surface area contributed by atoms with E-state index in [0.717, 1.165) is 30.4 Å². The van der Waals surface area contributed by atoms with Crippen LogP contribution >= 0.6 is 11.6 Å². The van der Waals surface area contributed by atoms with Crippen LogP contribution in [0.25, 0.3) is 0 Å². The molecule has 1 heterocycles. The summed E-state index contributed by atoms with van der Waals surface area (Å²) in [5.74, 6) is 1.34. The number of rotatable bonds is 4. The van der Waals surface area contributed by atoms with Crippen molar-refractivity contribution in [3.63, 3.8) is 0 Å². The Morgan fingerprint density at radius 1 is 1.07 bits per heavy atom. The van der Waals surface area contributed by atoms with Gasteiger partial charge in [0.05, 0.1) is 5.92 Å². The summed E-state index contributed by atoms with van der Waals surface area (Å²) in [6.07, 6.45) is 5.01. The van der Waals surface area contributed by atoms with Crippen LogP contribution in [0, 0.1) is 17.8 Å². The SMILES string of the molecule is CN(C)C1C[C@@H]2CC(N(C)C(=O)C3CC(=O)N(c4cccc(Cl)c4)C3)C[C@@H]2C1. The summed E-state index contributed by atoms with van der Waals surface area (Å²) in [5, 5.41) is 0.603. The van der Waals surface area contributed by atoms with E-state index in [-0.39, 0.29) is 24.2 Å². The van der Waals surface area contributed by atoms with Gasteiger partial charge in [0.25, 0.3) is 0 Å². The molecule has 1 aliphatic heterocycles. The van der Waals surface area contributed by atoms with Crippen molar-refractivity contribution in [2.75, 3.05) is 32.6 Å². The molecule has 5 nitrogen and oxygen atoms in total. The average molecular weight is 404 g/mol. The topological polar surface area (TPSA) is 43.9 Å². The quantitative estimate of drug-likeness (QED) is 0.774. The molecule has 3 aliphatic rings.